The maximum absolute atomic E-state index is 11.4. The van der Waals surface area contributed by atoms with Crippen molar-refractivity contribution < 1.29 is 19.4 Å². The normalized spacial score (nSPS) is 14.4. The molecule has 0 spiro atoms. The van der Waals surface area contributed by atoms with E-state index in [1.165, 1.54) is 11.6 Å². The maximum atomic E-state index is 11.4. The minimum absolute atomic E-state index is 0.125. The Morgan fingerprint density at radius 1 is 1.17 bits per heavy atom. The summed E-state index contributed by atoms with van der Waals surface area (Å²) in [5, 5.41) is 21.4. The number of aromatic amines is 1. The molecule has 6 nitrogen and oxygen atoms in total. The SMILES string of the molecule is CC(O)c1ccc(-[n+]2[nH]oc(=O)c2C(C)O)cc1. The van der Waals surface area contributed by atoms with Gasteiger partial charge in [-0.1, -0.05) is 0 Å². The number of aliphatic hydroxyl groups excluding tert-OH is 2. The monoisotopic (exact) mass is 251 g/mol. The predicted molar refractivity (Wildman–Crippen MR) is 62.1 cm³/mol. The number of H-pyrrole nitrogens is 1. The molecule has 18 heavy (non-hydrogen) atoms. The highest BCUT2D eigenvalue weighted by molar-refractivity contribution is 5.28. The van der Waals surface area contributed by atoms with Gasteiger partial charge in [-0.3, -0.25) is 4.52 Å². The van der Waals surface area contributed by atoms with Gasteiger partial charge in [-0.25, -0.2) is 4.79 Å². The Morgan fingerprint density at radius 2 is 1.78 bits per heavy atom. The van der Waals surface area contributed by atoms with Crippen molar-refractivity contribution in [1.82, 2.24) is 5.27 Å². The predicted octanol–water partition coefficient (Wildman–Crippen LogP) is 0.351. The quantitative estimate of drug-likeness (QED) is 0.687. The van der Waals surface area contributed by atoms with Crippen LogP contribution < -0.4 is 10.3 Å². The lowest BCUT2D eigenvalue weighted by Gasteiger charge is -2.03. The summed E-state index contributed by atoms with van der Waals surface area (Å²) < 4.78 is 6.04. The maximum Gasteiger partial charge on any atom is 0.433 e. The van der Waals surface area contributed by atoms with E-state index in [0.29, 0.717) is 5.69 Å². The number of aliphatic hydroxyl groups is 2. The topological polar surface area (TPSA) is 90.3 Å². The van der Waals surface area contributed by atoms with Gasteiger partial charge in [0.25, 0.3) is 0 Å². The van der Waals surface area contributed by atoms with E-state index in [4.69, 9.17) is 0 Å². The molecule has 2 aromatic rings. The second-order valence-corrected chi connectivity index (χ2v) is 4.14. The van der Waals surface area contributed by atoms with Crippen LogP contribution in [0.5, 0.6) is 0 Å². The average Bonchev–Trinajstić information content (AvgIpc) is 2.71. The lowest BCUT2D eigenvalue weighted by atomic mass is 10.1. The molecule has 6 heteroatoms. The summed E-state index contributed by atoms with van der Waals surface area (Å²) in [6.07, 6.45) is -1.49. The number of benzene rings is 1. The van der Waals surface area contributed by atoms with Gasteiger partial charge in [0.2, 0.25) is 5.69 Å². The summed E-state index contributed by atoms with van der Waals surface area (Å²) in [4.78, 5) is 11.4. The Hall–Kier alpha value is -1.92. The number of hydrogen-bond donors (Lipinski definition) is 3. The van der Waals surface area contributed by atoms with Crippen molar-refractivity contribution in [3.05, 3.63) is 45.9 Å². The fourth-order valence-corrected chi connectivity index (χ4v) is 1.73. The Balaban J connectivity index is 2.46. The zero-order valence-electron chi connectivity index (χ0n) is 10.1. The van der Waals surface area contributed by atoms with Gasteiger partial charge in [0.1, 0.15) is 6.10 Å². The van der Waals surface area contributed by atoms with Crippen LogP contribution in [0.3, 0.4) is 0 Å². The molecule has 0 aliphatic carbocycles. The number of hydrogen-bond acceptors (Lipinski definition) is 4. The molecule has 2 unspecified atom stereocenters. The molecule has 0 saturated carbocycles. The summed E-state index contributed by atoms with van der Waals surface area (Å²) in [6, 6.07) is 6.92. The molecule has 0 bridgehead atoms. The fraction of sp³-hybridized carbons (Fsp3) is 0.333. The van der Waals surface area contributed by atoms with Gasteiger partial charge in [-0.05, 0) is 41.5 Å². The average molecular weight is 251 g/mol. The highest BCUT2D eigenvalue weighted by Gasteiger charge is 2.27. The molecular weight excluding hydrogens is 236 g/mol. The highest BCUT2D eigenvalue weighted by atomic mass is 16.5. The first kappa shape index (κ1) is 12.5. The standard InChI is InChI=1S/C12H14N2O4/c1-7(15)9-3-5-10(6-4-9)14-11(8(2)16)12(17)18-13-14/h3-8,15-16H,1-2H3/p+1. The van der Waals surface area contributed by atoms with Crippen LogP contribution >= 0.6 is 0 Å². The van der Waals surface area contributed by atoms with E-state index in [9.17, 15) is 15.0 Å². The first-order valence-electron chi connectivity index (χ1n) is 5.60. The molecule has 2 atom stereocenters. The number of rotatable bonds is 3. The van der Waals surface area contributed by atoms with Crippen molar-refractivity contribution in [2.24, 2.45) is 0 Å². The lowest BCUT2D eigenvalue weighted by molar-refractivity contribution is -0.680. The van der Waals surface area contributed by atoms with Crippen LogP contribution in [-0.4, -0.2) is 15.5 Å². The van der Waals surface area contributed by atoms with E-state index < -0.39 is 17.8 Å². The van der Waals surface area contributed by atoms with E-state index >= 15 is 0 Å². The van der Waals surface area contributed by atoms with Crippen molar-refractivity contribution in [2.45, 2.75) is 26.1 Å². The van der Waals surface area contributed by atoms with E-state index in [1.54, 1.807) is 31.2 Å². The Labute approximate surface area is 103 Å². The third kappa shape index (κ3) is 2.20. The first-order valence-corrected chi connectivity index (χ1v) is 5.60. The molecule has 2 rings (SSSR count). The molecule has 0 radical (unpaired) electrons. The van der Waals surface area contributed by atoms with Crippen LogP contribution in [0.4, 0.5) is 0 Å². The third-order valence-electron chi connectivity index (χ3n) is 2.71. The summed E-state index contributed by atoms with van der Waals surface area (Å²) in [5.74, 6) is 0. The second kappa shape index (κ2) is 4.75. The molecule has 0 aliphatic heterocycles. The molecule has 1 heterocycles. The van der Waals surface area contributed by atoms with Gasteiger partial charge in [0.15, 0.2) is 0 Å². The third-order valence-corrected chi connectivity index (χ3v) is 2.71. The molecule has 0 saturated heterocycles. The lowest BCUT2D eigenvalue weighted by Crippen LogP contribution is -2.39. The molecule has 1 aromatic carbocycles. The van der Waals surface area contributed by atoms with Crippen molar-refractivity contribution in [3.8, 4) is 5.69 Å². The first-order chi connectivity index (χ1) is 8.50. The van der Waals surface area contributed by atoms with Gasteiger partial charge in [-0.15, -0.1) is 0 Å². The van der Waals surface area contributed by atoms with Crippen molar-refractivity contribution in [1.29, 1.82) is 0 Å². The second-order valence-electron chi connectivity index (χ2n) is 4.14. The van der Waals surface area contributed by atoms with Crippen LogP contribution in [0, 0.1) is 0 Å². The summed E-state index contributed by atoms with van der Waals surface area (Å²) in [5.41, 5.74) is 0.925. The Morgan fingerprint density at radius 3 is 2.28 bits per heavy atom. The van der Waals surface area contributed by atoms with Crippen molar-refractivity contribution >= 4 is 0 Å². The zero-order chi connectivity index (χ0) is 13.3. The van der Waals surface area contributed by atoms with Crippen LogP contribution in [0.2, 0.25) is 0 Å². The van der Waals surface area contributed by atoms with E-state index in [0.717, 1.165) is 5.56 Å². The van der Waals surface area contributed by atoms with Crippen molar-refractivity contribution in [3.63, 3.8) is 0 Å². The largest absolute Gasteiger partial charge is 0.433 e. The van der Waals surface area contributed by atoms with E-state index in [-0.39, 0.29) is 5.69 Å². The molecule has 1 aromatic heterocycles. The smallest absolute Gasteiger partial charge is 0.389 e. The molecule has 0 fully saturated rings. The van der Waals surface area contributed by atoms with Crippen molar-refractivity contribution in [2.75, 3.05) is 0 Å². The van der Waals surface area contributed by atoms with Gasteiger partial charge in [0.05, 0.1) is 6.10 Å². The van der Waals surface area contributed by atoms with E-state index in [2.05, 4.69) is 9.79 Å². The highest BCUT2D eigenvalue weighted by Crippen LogP contribution is 2.13. The molecule has 0 aliphatic rings. The van der Waals surface area contributed by atoms with Crippen LogP contribution in [-0.2, 0) is 0 Å². The minimum Gasteiger partial charge on any atom is -0.389 e. The Kier molecular flexibility index (Phi) is 3.31. The summed E-state index contributed by atoms with van der Waals surface area (Å²) in [6.45, 7) is 3.16. The summed E-state index contributed by atoms with van der Waals surface area (Å²) >= 11 is 0. The van der Waals surface area contributed by atoms with E-state index in [1.807, 2.05) is 0 Å². The van der Waals surface area contributed by atoms with Crippen LogP contribution in [0.15, 0.2) is 33.6 Å². The minimum atomic E-state index is -0.941. The van der Waals surface area contributed by atoms with Gasteiger partial charge < -0.3 is 10.2 Å². The summed E-state index contributed by atoms with van der Waals surface area (Å²) in [7, 11) is 0. The van der Waals surface area contributed by atoms with Gasteiger partial charge >= 0.3 is 11.3 Å². The Bertz CT molecular complexity index is 581. The molecular formula is C12H15N2O4+. The van der Waals surface area contributed by atoms with Gasteiger partial charge in [0, 0.05) is 12.1 Å². The van der Waals surface area contributed by atoms with Crippen LogP contribution in [0.1, 0.15) is 37.3 Å². The number of aromatic nitrogens is 2. The number of nitrogens with zero attached hydrogens (tertiary/aromatic N) is 1. The zero-order valence-corrected chi connectivity index (χ0v) is 10.1. The fourth-order valence-electron chi connectivity index (χ4n) is 1.73. The van der Waals surface area contributed by atoms with Gasteiger partial charge in [-0.2, -0.15) is 0 Å². The number of nitrogens with one attached hydrogen (secondary N) is 1. The molecule has 96 valence electrons. The molecule has 0 amide bonds. The molecule has 3 N–H and O–H groups in total. The van der Waals surface area contributed by atoms with Crippen LogP contribution in [0.25, 0.3) is 5.69 Å².